The maximum Gasteiger partial charge on any atom is 0.124 e. The van der Waals surface area contributed by atoms with Crippen LogP contribution in [0.15, 0.2) is 42.5 Å². The van der Waals surface area contributed by atoms with Gasteiger partial charge < -0.3 is 10.1 Å². The molecule has 0 aliphatic carbocycles. The number of ether oxygens (including phenoxy) is 1. The van der Waals surface area contributed by atoms with Crippen molar-refractivity contribution in [3.63, 3.8) is 0 Å². The average Bonchev–Trinajstić information content (AvgIpc) is 2.50. The minimum absolute atomic E-state index is 0.195. The predicted molar refractivity (Wildman–Crippen MR) is 82.4 cm³/mol. The van der Waals surface area contributed by atoms with Crippen LogP contribution in [0.1, 0.15) is 23.6 Å². The zero-order valence-electron chi connectivity index (χ0n) is 11.6. The molecule has 0 aromatic heterocycles. The van der Waals surface area contributed by atoms with E-state index >= 15 is 0 Å². The van der Waals surface area contributed by atoms with Crippen LogP contribution in [0.5, 0.6) is 5.75 Å². The Hall–Kier alpha value is -1.58. The molecule has 4 heteroatoms. The third-order valence-electron chi connectivity index (χ3n) is 3.73. The molecule has 110 valence electrons. The average molecular weight is 306 g/mol. The van der Waals surface area contributed by atoms with E-state index in [2.05, 4.69) is 5.32 Å². The fraction of sp³-hybridized carbons (Fsp3) is 0.294. The van der Waals surface area contributed by atoms with Gasteiger partial charge in [0, 0.05) is 23.0 Å². The van der Waals surface area contributed by atoms with Gasteiger partial charge in [-0.2, -0.15) is 0 Å². The Labute approximate surface area is 128 Å². The van der Waals surface area contributed by atoms with E-state index in [1.807, 2.05) is 30.3 Å². The molecule has 0 fully saturated rings. The molecule has 1 atom stereocenters. The zero-order valence-corrected chi connectivity index (χ0v) is 12.4. The smallest absolute Gasteiger partial charge is 0.124 e. The van der Waals surface area contributed by atoms with Gasteiger partial charge in [0.05, 0.1) is 6.61 Å². The van der Waals surface area contributed by atoms with Crippen LogP contribution < -0.4 is 10.1 Å². The number of hydrogen-bond acceptors (Lipinski definition) is 2. The lowest BCUT2D eigenvalue weighted by Gasteiger charge is -2.27. The molecule has 2 aromatic carbocycles. The Bertz CT molecular complexity index is 615. The Balaban J connectivity index is 1.61. The van der Waals surface area contributed by atoms with Crippen molar-refractivity contribution >= 4 is 11.6 Å². The molecule has 0 spiro atoms. The largest absolute Gasteiger partial charge is 0.493 e. The van der Waals surface area contributed by atoms with E-state index in [9.17, 15) is 4.39 Å². The Morgan fingerprint density at radius 1 is 1.19 bits per heavy atom. The molecule has 2 nitrogen and oxygen atoms in total. The zero-order chi connectivity index (χ0) is 14.7. The number of hydrogen-bond donors (Lipinski definition) is 1. The molecule has 1 aliphatic rings. The van der Waals surface area contributed by atoms with E-state index in [-0.39, 0.29) is 11.9 Å². The maximum atomic E-state index is 12.9. The summed E-state index contributed by atoms with van der Waals surface area (Å²) >= 11 is 6.07. The van der Waals surface area contributed by atoms with Gasteiger partial charge in [-0.1, -0.05) is 23.7 Å². The van der Waals surface area contributed by atoms with Gasteiger partial charge in [-0.25, -0.2) is 4.39 Å². The summed E-state index contributed by atoms with van der Waals surface area (Å²) in [6, 6.07) is 12.6. The highest BCUT2D eigenvalue weighted by Crippen LogP contribution is 2.33. The number of rotatable bonds is 4. The Morgan fingerprint density at radius 2 is 2.00 bits per heavy atom. The van der Waals surface area contributed by atoms with Gasteiger partial charge >= 0.3 is 0 Å². The van der Waals surface area contributed by atoms with Crippen LogP contribution in [0, 0.1) is 5.82 Å². The van der Waals surface area contributed by atoms with Crippen LogP contribution in [-0.4, -0.2) is 13.2 Å². The quantitative estimate of drug-likeness (QED) is 0.917. The van der Waals surface area contributed by atoms with Crippen LogP contribution in [0.25, 0.3) is 0 Å². The van der Waals surface area contributed by atoms with E-state index in [0.717, 1.165) is 41.3 Å². The van der Waals surface area contributed by atoms with Crippen LogP contribution in [0.4, 0.5) is 4.39 Å². The Kier molecular flexibility index (Phi) is 4.42. The van der Waals surface area contributed by atoms with Crippen molar-refractivity contribution in [2.45, 2.75) is 18.9 Å². The van der Waals surface area contributed by atoms with Crippen molar-refractivity contribution in [2.24, 2.45) is 0 Å². The van der Waals surface area contributed by atoms with E-state index in [1.54, 1.807) is 0 Å². The summed E-state index contributed by atoms with van der Waals surface area (Å²) in [7, 11) is 0. The SMILES string of the molecule is Fc1ccc(CCNC2CCOc3ccc(Cl)cc32)cc1. The van der Waals surface area contributed by atoms with Gasteiger partial charge in [0.25, 0.3) is 0 Å². The summed E-state index contributed by atoms with van der Waals surface area (Å²) in [6.45, 7) is 1.55. The summed E-state index contributed by atoms with van der Waals surface area (Å²) in [5.74, 6) is 0.713. The van der Waals surface area contributed by atoms with Gasteiger partial charge in [-0.05, 0) is 48.9 Å². The van der Waals surface area contributed by atoms with Gasteiger partial charge in [-0.15, -0.1) is 0 Å². The van der Waals surface area contributed by atoms with Gasteiger partial charge in [-0.3, -0.25) is 0 Å². The second kappa shape index (κ2) is 6.46. The van der Waals surface area contributed by atoms with Gasteiger partial charge in [0.2, 0.25) is 0 Å². The second-order valence-corrected chi connectivity index (χ2v) is 5.64. The van der Waals surface area contributed by atoms with E-state index < -0.39 is 0 Å². The molecule has 2 aromatic rings. The molecule has 1 aliphatic heterocycles. The normalized spacial score (nSPS) is 17.1. The summed E-state index contributed by atoms with van der Waals surface area (Å²) in [6.07, 6.45) is 1.80. The minimum atomic E-state index is -0.195. The first-order valence-corrected chi connectivity index (χ1v) is 7.50. The summed E-state index contributed by atoms with van der Waals surface area (Å²) < 4.78 is 18.5. The highest BCUT2D eigenvalue weighted by molar-refractivity contribution is 6.30. The number of fused-ring (bicyclic) bond motifs is 1. The first-order chi connectivity index (χ1) is 10.2. The number of benzene rings is 2. The van der Waals surface area contributed by atoms with E-state index in [4.69, 9.17) is 16.3 Å². The monoisotopic (exact) mass is 305 g/mol. The summed E-state index contributed by atoms with van der Waals surface area (Å²) in [5, 5.41) is 4.26. The minimum Gasteiger partial charge on any atom is -0.493 e. The van der Waals surface area contributed by atoms with Gasteiger partial charge in [0.15, 0.2) is 0 Å². The molecule has 0 saturated carbocycles. The lowest BCUT2D eigenvalue weighted by atomic mass is 10.0. The predicted octanol–water partition coefficient (Wildman–Crippen LogP) is 4.14. The fourth-order valence-corrected chi connectivity index (χ4v) is 2.80. The number of nitrogens with one attached hydrogen (secondary N) is 1. The third kappa shape index (κ3) is 3.55. The lowest BCUT2D eigenvalue weighted by molar-refractivity contribution is 0.253. The first kappa shape index (κ1) is 14.4. The molecule has 0 bridgehead atoms. The highest BCUT2D eigenvalue weighted by Gasteiger charge is 2.20. The molecule has 0 amide bonds. The first-order valence-electron chi connectivity index (χ1n) is 7.12. The van der Waals surface area contributed by atoms with Crippen LogP contribution in [0.2, 0.25) is 5.02 Å². The number of halogens is 2. The molecule has 21 heavy (non-hydrogen) atoms. The molecule has 1 unspecified atom stereocenters. The molecule has 3 rings (SSSR count). The van der Waals surface area contributed by atoms with Crippen molar-refractivity contribution in [3.8, 4) is 5.75 Å². The van der Waals surface area contributed by atoms with E-state index in [1.165, 1.54) is 12.1 Å². The molecule has 1 heterocycles. The molecular weight excluding hydrogens is 289 g/mol. The standard InChI is InChI=1S/C17H17ClFNO/c18-13-3-6-17-15(11-13)16(8-10-21-17)20-9-7-12-1-4-14(19)5-2-12/h1-6,11,16,20H,7-10H2. The van der Waals surface area contributed by atoms with Crippen LogP contribution >= 0.6 is 11.6 Å². The van der Waals surface area contributed by atoms with Crippen molar-refractivity contribution in [1.82, 2.24) is 5.32 Å². The summed E-state index contributed by atoms with van der Waals surface area (Å²) in [4.78, 5) is 0. The van der Waals surface area contributed by atoms with Crippen molar-refractivity contribution in [1.29, 1.82) is 0 Å². The fourth-order valence-electron chi connectivity index (χ4n) is 2.62. The van der Waals surface area contributed by atoms with Crippen molar-refractivity contribution < 1.29 is 9.13 Å². The second-order valence-electron chi connectivity index (χ2n) is 5.20. The molecular formula is C17H17ClFNO. The summed E-state index contributed by atoms with van der Waals surface area (Å²) in [5.41, 5.74) is 2.25. The molecule has 1 N–H and O–H groups in total. The maximum absolute atomic E-state index is 12.9. The third-order valence-corrected chi connectivity index (χ3v) is 3.96. The molecule has 0 saturated heterocycles. The van der Waals surface area contributed by atoms with E-state index in [0.29, 0.717) is 6.61 Å². The Morgan fingerprint density at radius 3 is 2.81 bits per heavy atom. The lowest BCUT2D eigenvalue weighted by Crippen LogP contribution is -2.28. The van der Waals surface area contributed by atoms with Crippen LogP contribution in [-0.2, 0) is 6.42 Å². The van der Waals surface area contributed by atoms with Crippen molar-refractivity contribution in [2.75, 3.05) is 13.2 Å². The van der Waals surface area contributed by atoms with Crippen LogP contribution in [0.3, 0.4) is 0 Å². The topological polar surface area (TPSA) is 21.3 Å². The highest BCUT2D eigenvalue weighted by atomic mass is 35.5. The van der Waals surface area contributed by atoms with Crippen molar-refractivity contribution in [3.05, 3.63) is 64.4 Å². The van der Waals surface area contributed by atoms with Gasteiger partial charge in [0.1, 0.15) is 11.6 Å². The molecule has 0 radical (unpaired) electrons.